The molecule has 0 amide bonds. The Morgan fingerprint density at radius 1 is 0.875 bits per heavy atom. The lowest BCUT2D eigenvalue weighted by molar-refractivity contribution is 0.0656. The first kappa shape index (κ1) is 13.5. The highest BCUT2D eigenvalue weighted by molar-refractivity contribution is 4.91. The van der Waals surface area contributed by atoms with Crippen LogP contribution in [-0.2, 0) is 0 Å². The highest BCUT2D eigenvalue weighted by Crippen LogP contribution is 2.14. The Balaban J connectivity index is 2.55. The van der Waals surface area contributed by atoms with Crippen LogP contribution in [0.15, 0.2) is 24.3 Å². The van der Waals surface area contributed by atoms with E-state index in [4.69, 9.17) is 0 Å². The van der Waals surface area contributed by atoms with Gasteiger partial charge < -0.3 is 10.0 Å². The van der Waals surface area contributed by atoms with Crippen molar-refractivity contribution in [2.45, 2.75) is 50.7 Å². The molecule has 0 aliphatic heterocycles. The van der Waals surface area contributed by atoms with Gasteiger partial charge in [-0.3, -0.25) is 0 Å². The maximum Gasteiger partial charge on any atom is 0.0698 e. The molecule has 1 aliphatic carbocycles. The van der Waals surface area contributed by atoms with Crippen LogP contribution in [0.25, 0.3) is 0 Å². The van der Waals surface area contributed by atoms with Crippen LogP contribution in [0.1, 0.15) is 38.5 Å². The topological polar surface area (TPSA) is 23.5 Å². The van der Waals surface area contributed by atoms with Crippen LogP contribution in [0.2, 0.25) is 0 Å². The van der Waals surface area contributed by atoms with Crippen LogP contribution < -0.4 is 0 Å². The van der Waals surface area contributed by atoms with E-state index in [-0.39, 0.29) is 12.1 Å². The summed E-state index contributed by atoms with van der Waals surface area (Å²) in [5.41, 5.74) is 0. The summed E-state index contributed by atoms with van der Waals surface area (Å²) in [5, 5.41) is 10.1. The summed E-state index contributed by atoms with van der Waals surface area (Å²) in [7, 11) is 4.11. The van der Waals surface area contributed by atoms with Crippen LogP contribution in [0.3, 0.4) is 0 Å². The molecule has 0 saturated carbocycles. The molecule has 2 unspecified atom stereocenters. The molecule has 1 N–H and O–H groups in total. The number of aliphatic hydroxyl groups excluding tert-OH is 1. The van der Waals surface area contributed by atoms with Gasteiger partial charge in [0, 0.05) is 6.04 Å². The zero-order chi connectivity index (χ0) is 11.8. The average molecular weight is 223 g/mol. The minimum atomic E-state index is -0.201. The molecule has 0 aromatic carbocycles. The average Bonchev–Trinajstić information content (AvgIpc) is 2.22. The quantitative estimate of drug-likeness (QED) is 0.691. The lowest BCUT2D eigenvalue weighted by Gasteiger charge is -2.28. The van der Waals surface area contributed by atoms with Gasteiger partial charge in [-0.15, -0.1) is 0 Å². The van der Waals surface area contributed by atoms with E-state index in [1.54, 1.807) is 0 Å². The van der Waals surface area contributed by atoms with Gasteiger partial charge in [0.25, 0.3) is 0 Å². The Hall–Kier alpha value is -0.600. The van der Waals surface area contributed by atoms with Gasteiger partial charge in [-0.25, -0.2) is 0 Å². The Kier molecular flexibility index (Phi) is 6.43. The van der Waals surface area contributed by atoms with Crippen LogP contribution >= 0.6 is 0 Å². The van der Waals surface area contributed by atoms with Crippen molar-refractivity contribution in [3.63, 3.8) is 0 Å². The second kappa shape index (κ2) is 7.64. The van der Waals surface area contributed by atoms with Gasteiger partial charge in [0.15, 0.2) is 0 Å². The zero-order valence-corrected chi connectivity index (χ0v) is 10.6. The monoisotopic (exact) mass is 223 g/mol. The molecular formula is C14H25NO. The van der Waals surface area contributed by atoms with Gasteiger partial charge in [-0.1, -0.05) is 24.3 Å². The highest BCUT2D eigenvalue weighted by atomic mass is 16.3. The lowest BCUT2D eigenvalue weighted by Crippen LogP contribution is -2.38. The van der Waals surface area contributed by atoms with Crippen molar-refractivity contribution < 1.29 is 5.11 Å². The summed E-state index contributed by atoms with van der Waals surface area (Å²) in [6, 6.07) is 0.289. The predicted octanol–water partition coefficient (Wildman–Crippen LogP) is 2.74. The molecular weight excluding hydrogens is 198 g/mol. The number of allylic oxidation sites excluding steroid dienone is 4. The summed E-state index contributed by atoms with van der Waals surface area (Å²) in [5.74, 6) is 0. The Morgan fingerprint density at radius 2 is 1.38 bits per heavy atom. The van der Waals surface area contributed by atoms with E-state index in [9.17, 15) is 5.11 Å². The van der Waals surface area contributed by atoms with Crippen molar-refractivity contribution in [2.24, 2.45) is 0 Å². The summed E-state index contributed by atoms with van der Waals surface area (Å²) in [6.45, 7) is 0. The third-order valence-electron chi connectivity index (χ3n) is 3.20. The summed E-state index contributed by atoms with van der Waals surface area (Å²) < 4.78 is 0. The van der Waals surface area contributed by atoms with Gasteiger partial charge in [-0.05, 0) is 52.6 Å². The molecule has 1 aliphatic rings. The minimum Gasteiger partial charge on any atom is -0.391 e. The van der Waals surface area contributed by atoms with Gasteiger partial charge in [0.1, 0.15) is 0 Å². The number of likely N-dealkylation sites (N-methyl/N-ethyl adjacent to an activating group) is 1. The first-order valence-corrected chi connectivity index (χ1v) is 6.36. The molecule has 2 heteroatoms. The summed E-state index contributed by atoms with van der Waals surface area (Å²) in [4.78, 5) is 2.15. The van der Waals surface area contributed by atoms with E-state index in [0.717, 1.165) is 38.5 Å². The van der Waals surface area contributed by atoms with Crippen molar-refractivity contribution in [1.82, 2.24) is 4.90 Å². The molecule has 0 spiro atoms. The Labute approximate surface area is 99.7 Å². The minimum absolute atomic E-state index is 0.201. The molecule has 2 atom stereocenters. The third kappa shape index (κ3) is 4.95. The van der Waals surface area contributed by atoms with Crippen molar-refractivity contribution in [2.75, 3.05) is 14.1 Å². The van der Waals surface area contributed by atoms with E-state index >= 15 is 0 Å². The number of nitrogens with zero attached hydrogens (tertiary/aromatic N) is 1. The highest BCUT2D eigenvalue weighted by Gasteiger charge is 2.19. The fraction of sp³-hybridized carbons (Fsp3) is 0.714. The molecule has 0 aromatic heterocycles. The molecule has 0 heterocycles. The second-order valence-electron chi connectivity index (χ2n) is 4.77. The fourth-order valence-electron chi connectivity index (χ4n) is 2.18. The third-order valence-corrected chi connectivity index (χ3v) is 3.20. The number of rotatable bonds is 1. The van der Waals surface area contributed by atoms with Gasteiger partial charge in [0.2, 0.25) is 0 Å². The van der Waals surface area contributed by atoms with E-state index in [0.29, 0.717) is 0 Å². The molecule has 0 fully saturated rings. The maximum atomic E-state index is 10.1. The smallest absolute Gasteiger partial charge is 0.0698 e. The lowest BCUT2D eigenvalue weighted by atomic mass is 9.99. The van der Waals surface area contributed by atoms with Gasteiger partial charge in [-0.2, -0.15) is 0 Å². The van der Waals surface area contributed by atoms with Crippen molar-refractivity contribution in [3.8, 4) is 0 Å². The Bertz CT molecular complexity index is 233. The normalized spacial score (nSPS) is 28.8. The van der Waals surface area contributed by atoms with Gasteiger partial charge in [0.05, 0.1) is 6.10 Å². The summed E-state index contributed by atoms with van der Waals surface area (Å²) in [6.07, 6.45) is 15.0. The second-order valence-corrected chi connectivity index (χ2v) is 4.77. The first-order valence-electron chi connectivity index (χ1n) is 6.36. The van der Waals surface area contributed by atoms with Crippen LogP contribution in [-0.4, -0.2) is 36.2 Å². The van der Waals surface area contributed by atoms with Crippen LogP contribution in [0.4, 0.5) is 0 Å². The van der Waals surface area contributed by atoms with E-state index in [1.165, 1.54) is 0 Å². The maximum absolute atomic E-state index is 10.1. The number of hydrogen-bond acceptors (Lipinski definition) is 2. The zero-order valence-electron chi connectivity index (χ0n) is 10.6. The van der Waals surface area contributed by atoms with Crippen molar-refractivity contribution in [1.29, 1.82) is 0 Å². The molecule has 0 saturated heterocycles. The Morgan fingerprint density at radius 3 is 1.94 bits per heavy atom. The van der Waals surface area contributed by atoms with Crippen LogP contribution in [0.5, 0.6) is 0 Å². The van der Waals surface area contributed by atoms with E-state index in [1.807, 2.05) is 0 Å². The standard InChI is InChI=1S/C14H25NO/c1-15(2)13-11-9-7-5-3-4-6-8-10-12-14(13)16/h5-8,13-14,16H,3-4,9-12H2,1-2H3. The van der Waals surface area contributed by atoms with E-state index < -0.39 is 0 Å². The molecule has 2 nitrogen and oxygen atoms in total. The SMILES string of the molecule is CN(C)C1CCC=CCCC=CCCC1O. The molecule has 1 rings (SSSR count). The molecule has 92 valence electrons. The molecule has 16 heavy (non-hydrogen) atoms. The number of hydrogen-bond donors (Lipinski definition) is 1. The predicted molar refractivity (Wildman–Crippen MR) is 69.5 cm³/mol. The van der Waals surface area contributed by atoms with Crippen molar-refractivity contribution in [3.05, 3.63) is 24.3 Å². The molecule has 0 radical (unpaired) electrons. The molecule has 0 aromatic rings. The van der Waals surface area contributed by atoms with Crippen molar-refractivity contribution >= 4 is 0 Å². The summed E-state index contributed by atoms with van der Waals surface area (Å²) >= 11 is 0. The van der Waals surface area contributed by atoms with Gasteiger partial charge >= 0.3 is 0 Å². The first-order chi connectivity index (χ1) is 7.72. The van der Waals surface area contributed by atoms with E-state index in [2.05, 4.69) is 43.3 Å². The fourth-order valence-corrected chi connectivity index (χ4v) is 2.18. The largest absolute Gasteiger partial charge is 0.391 e. The van der Waals surface area contributed by atoms with Crippen LogP contribution in [0, 0.1) is 0 Å². The molecule has 0 bridgehead atoms. The number of aliphatic hydroxyl groups is 1.